The van der Waals surface area contributed by atoms with Gasteiger partial charge in [-0.1, -0.05) is 6.92 Å². The molecule has 26 heavy (non-hydrogen) atoms. The molecule has 0 radical (unpaired) electrons. The van der Waals surface area contributed by atoms with E-state index in [1.54, 1.807) is 6.08 Å². The fourth-order valence-corrected chi connectivity index (χ4v) is 6.18. The molecule has 5 nitrogen and oxygen atoms in total. The van der Waals surface area contributed by atoms with Crippen LogP contribution in [-0.4, -0.2) is 30.2 Å². The van der Waals surface area contributed by atoms with Crippen LogP contribution in [0.3, 0.4) is 0 Å². The predicted octanol–water partition coefficient (Wildman–Crippen LogP) is 3.76. The average Bonchev–Trinajstić information content (AvgIpc) is 3.00. The predicted molar refractivity (Wildman–Crippen MR) is 100 cm³/mol. The molecule has 0 saturated heterocycles. The molecule has 4 fully saturated rings. The zero-order valence-electron chi connectivity index (χ0n) is 16.1. The Morgan fingerprint density at radius 2 is 1.50 bits per heavy atom. The SMILES string of the molecule is CCC1(CN=C=O)C[C@H]2CC[C@H]2C1.NCC1(CC(=O)O)C[C@H]2CC[C@H]2C1. The van der Waals surface area contributed by atoms with Crippen molar-refractivity contribution in [1.29, 1.82) is 0 Å². The Labute approximate surface area is 156 Å². The van der Waals surface area contributed by atoms with Crippen LogP contribution < -0.4 is 5.73 Å². The van der Waals surface area contributed by atoms with Crippen molar-refractivity contribution in [2.75, 3.05) is 13.1 Å². The Morgan fingerprint density at radius 3 is 1.81 bits per heavy atom. The number of aliphatic imine (C=N–C) groups is 1. The van der Waals surface area contributed by atoms with E-state index in [0.29, 0.717) is 12.0 Å². The number of carbonyl (C=O) groups excluding carboxylic acids is 1. The Kier molecular flexibility index (Phi) is 5.88. The van der Waals surface area contributed by atoms with Gasteiger partial charge in [0.25, 0.3) is 0 Å². The van der Waals surface area contributed by atoms with E-state index in [9.17, 15) is 9.59 Å². The summed E-state index contributed by atoms with van der Waals surface area (Å²) in [7, 11) is 0. The number of isocyanates is 1. The maximum atomic E-state index is 10.7. The fourth-order valence-electron chi connectivity index (χ4n) is 6.18. The molecule has 4 aliphatic rings. The van der Waals surface area contributed by atoms with Crippen molar-refractivity contribution in [2.24, 2.45) is 45.2 Å². The summed E-state index contributed by atoms with van der Waals surface area (Å²) in [5.74, 6) is 2.82. The Morgan fingerprint density at radius 1 is 1.04 bits per heavy atom. The molecular weight excluding hydrogens is 328 g/mol. The van der Waals surface area contributed by atoms with E-state index in [1.165, 1.54) is 44.9 Å². The van der Waals surface area contributed by atoms with Gasteiger partial charge in [0.15, 0.2) is 0 Å². The van der Waals surface area contributed by atoms with E-state index < -0.39 is 5.97 Å². The van der Waals surface area contributed by atoms with Crippen LogP contribution in [0.4, 0.5) is 0 Å². The number of hydrogen-bond acceptors (Lipinski definition) is 4. The van der Waals surface area contributed by atoms with Gasteiger partial charge in [-0.2, -0.15) is 0 Å². The van der Waals surface area contributed by atoms with Crippen molar-refractivity contribution in [2.45, 2.75) is 71.1 Å². The lowest BCUT2D eigenvalue weighted by molar-refractivity contribution is -0.139. The molecular formula is C21H34N2O3. The smallest absolute Gasteiger partial charge is 0.303 e. The number of hydrogen-bond donors (Lipinski definition) is 2. The molecule has 0 spiro atoms. The lowest BCUT2D eigenvalue weighted by Crippen LogP contribution is -2.30. The molecule has 0 heterocycles. The lowest BCUT2D eigenvalue weighted by atomic mass is 9.77. The molecule has 146 valence electrons. The van der Waals surface area contributed by atoms with Gasteiger partial charge in [0.2, 0.25) is 6.08 Å². The van der Waals surface area contributed by atoms with E-state index in [1.807, 2.05) is 0 Å². The quantitative estimate of drug-likeness (QED) is 0.556. The highest BCUT2D eigenvalue weighted by atomic mass is 16.4. The van der Waals surface area contributed by atoms with E-state index in [-0.39, 0.29) is 11.8 Å². The van der Waals surface area contributed by atoms with Crippen molar-refractivity contribution in [3.8, 4) is 0 Å². The monoisotopic (exact) mass is 362 g/mol. The second-order valence-electron chi connectivity index (χ2n) is 9.55. The van der Waals surface area contributed by atoms with Gasteiger partial charge in [-0.05, 0) is 98.8 Å². The van der Waals surface area contributed by atoms with Crippen LogP contribution in [0.1, 0.15) is 71.1 Å². The standard InChI is InChI=1S/C11H17NO.C10H17NO2/c1-2-11(7-12-8-13)5-9-3-4-10(9)6-11;11-6-10(5-9(12)13)3-7-1-2-8(7)4-10/h9-10H,2-7H2,1H3;7-8H,1-6,11H2,(H,12,13)/t9-,10+,11?;7-,8+,10?. The molecule has 0 aliphatic heterocycles. The summed E-state index contributed by atoms with van der Waals surface area (Å²) in [6, 6.07) is 0. The van der Waals surface area contributed by atoms with Gasteiger partial charge in [-0.15, -0.1) is 0 Å². The molecule has 0 bridgehead atoms. The highest BCUT2D eigenvalue weighted by Crippen LogP contribution is 2.57. The number of nitrogens with two attached hydrogens (primary N) is 1. The Balaban J connectivity index is 0.000000151. The molecule has 5 heteroatoms. The van der Waals surface area contributed by atoms with Crippen molar-refractivity contribution in [1.82, 2.24) is 0 Å². The van der Waals surface area contributed by atoms with E-state index >= 15 is 0 Å². The van der Waals surface area contributed by atoms with E-state index in [0.717, 1.165) is 43.1 Å². The number of fused-ring (bicyclic) bond motifs is 2. The molecule has 6 atom stereocenters. The second-order valence-corrected chi connectivity index (χ2v) is 9.55. The number of nitrogens with zero attached hydrogens (tertiary/aromatic N) is 1. The summed E-state index contributed by atoms with van der Waals surface area (Å²) in [6.45, 7) is 3.50. The van der Waals surface area contributed by atoms with Crippen LogP contribution >= 0.6 is 0 Å². The van der Waals surface area contributed by atoms with E-state index in [2.05, 4.69) is 11.9 Å². The topological polar surface area (TPSA) is 92.8 Å². The number of aliphatic carboxylic acids is 1. The average molecular weight is 363 g/mol. The summed E-state index contributed by atoms with van der Waals surface area (Å²) in [6.07, 6.45) is 13.3. The molecule has 4 rings (SSSR count). The number of rotatable bonds is 6. The number of carbonyl (C=O) groups is 1. The van der Waals surface area contributed by atoms with E-state index in [4.69, 9.17) is 10.8 Å². The van der Waals surface area contributed by atoms with Gasteiger partial charge >= 0.3 is 5.97 Å². The summed E-state index contributed by atoms with van der Waals surface area (Å²) >= 11 is 0. The van der Waals surface area contributed by atoms with Crippen molar-refractivity contribution in [3.05, 3.63) is 0 Å². The highest BCUT2D eigenvalue weighted by Gasteiger charge is 2.49. The van der Waals surface area contributed by atoms with Gasteiger partial charge in [-0.3, -0.25) is 4.79 Å². The van der Waals surface area contributed by atoms with Gasteiger partial charge in [0.05, 0.1) is 13.0 Å². The zero-order chi connectivity index (χ0) is 18.8. The molecule has 0 aromatic carbocycles. The van der Waals surface area contributed by atoms with Crippen LogP contribution in [0.5, 0.6) is 0 Å². The van der Waals surface area contributed by atoms with Crippen molar-refractivity contribution in [3.63, 3.8) is 0 Å². The third-order valence-electron chi connectivity index (χ3n) is 8.12. The molecule has 4 aliphatic carbocycles. The van der Waals surface area contributed by atoms with Crippen LogP contribution in [-0.2, 0) is 9.59 Å². The van der Waals surface area contributed by atoms with Gasteiger partial charge in [-0.25, -0.2) is 9.79 Å². The normalized spacial score (nSPS) is 42.2. The van der Waals surface area contributed by atoms with Crippen molar-refractivity contribution < 1.29 is 14.7 Å². The second kappa shape index (κ2) is 7.82. The van der Waals surface area contributed by atoms with Crippen LogP contribution in [0.15, 0.2) is 4.99 Å². The molecule has 2 unspecified atom stereocenters. The fraction of sp³-hybridized carbons (Fsp3) is 0.905. The van der Waals surface area contributed by atoms with Gasteiger partial charge < -0.3 is 10.8 Å². The molecule has 3 N–H and O–H groups in total. The molecule has 0 aromatic rings. The highest BCUT2D eigenvalue weighted by molar-refractivity contribution is 5.67. The maximum Gasteiger partial charge on any atom is 0.303 e. The van der Waals surface area contributed by atoms with Crippen LogP contribution in [0, 0.1) is 34.5 Å². The Bertz CT molecular complexity index is 510. The minimum absolute atomic E-state index is 0.0579. The molecule has 4 saturated carbocycles. The third-order valence-corrected chi connectivity index (χ3v) is 8.12. The maximum absolute atomic E-state index is 10.7. The first-order valence-corrected chi connectivity index (χ1v) is 10.4. The van der Waals surface area contributed by atoms with Gasteiger partial charge in [0, 0.05) is 0 Å². The first-order valence-electron chi connectivity index (χ1n) is 10.4. The Hall–Kier alpha value is -1.19. The lowest BCUT2D eigenvalue weighted by Gasteiger charge is -2.29. The van der Waals surface area contributed by atoms with Crippen LogP contribution in [0.2, 0.25) is 0 Å². The summed E-state index contributed by atoms with van der Waals surface area (Å²) < 4.78 is 0. The third kappa shape index (κ3) is 3.89. The zero-order valence-corrected chi connectivity index (χ0v) is 16.1. The molecule has 0 aromatic heterocycles. The van der Waals surface area contributed by atoms with Crippen molar-refractivity contribution >= 4 is 12.0 Å². The summed E-state index contributed by atoms with van der Waals surface area (Å²) in [4.78, 5) is 24.6. The first-order chi connectivity index (χ1) is 12.4. The largest absolute Gasteiger partial charge is 0.481 e. The summed E-state index contributed by atoms with van der Waals surface area (Å²) in [5, 5.41) is 8.81. The minimum Gasteiger partial charge on any atom is -0.481 e. The number of carboxylic acids is 1. The summed E-state index contributed by atoms with van der Waals surface area (Å²) in [5.41, 5.74) is 6.01. The van der Waals surface area contributed by atoms with Gasteiger partial charge in [0.1, 0.15) is 0 Å². The number of carboxylic acid groups (broad SMARTS) is 1. The van der Waals surface area contributed by atoms with Crippen LogP contribution in [0.25, 0.3) is 0 Å². The molecule has 0 amide bonds. The first kappa shape index (κ1) is 19.6. The minimum atomic E-state index is -0.688.